The summed E-state index contributed by atoms with van der Waals surface area (Å²) in [4.78, 5) is 13.9. The number of ether oxygens (including phenoxy) is 3. The van der Waals surface area contributed by atoms with E-state index in [1.54, 1.807) is 27.5 Å². The lowest BCUT2D eigenvalue weighted by Crippen LogP contribution is -2.47. The van der Waals surface area contributed by atoms with Gasteiger partial charge in [0, 0.05) is 31.7 Å². The minimum absolute atomic E-state index is 0.674. The quantitative estimate of drug-likeness (QED) is 0.621. The van der Waals surface area contributed by atoms with Gasteiger partial charge in [-0.3, -0.25) is 4.98 Å². The van der Waals surface area contributed by atoms with E-state index < -0.39 is 0 Å². The zero-order valence-corrected chi connectivity index (χ0v) is 17.5. The molecule has 0 N–H and O–H groups in total. The summed E-state index contributed by atoms with van der Waals surface area (Å²) in [6.45, 7) is 3.51. The SMILES string of the molecule is COc1ccc(-c2cncc(N3CCN(c4ccccc4OC)CC3)n2)cc1OC. The van der Waals surface area contributed by atoms with Crippen molar-refractivity contribution in [2.24, 2.45) is 0 Å². The van der Waals surface area contributed by atoms with Crippen LogP contribution in [0.3, 0.4) is 0 Å². The molecule has 1 fully saturated rings. The van der Waals surface area contributed by atoms with Gasteiger partial charge in [-0.2, -0.15) is 0 Å². The van der Waals surface area contributed by atoms with Crippen molar-refractivity contribution in [3.05, 3.63) is 54.9 Å². The van der Waals surface area contributed by atoms with Crippen molar-refractivity contribution < 1.29 is 14.2 Å². The van der Waals surface area contributed by atoms with E-state index in [-0.39, 0.29) is 0 Å². The molecule has 2 aromatic carbocycles. The Morgan fingerprint density at radius 2 is 1.43 bits per heavy atom. The van der Waals surface area contributed by atoms with Gasteiger partial charge in [-0.1, -0.05) is 12.1 Å². The number of hydrogen-bond acceptors (Lipinski definition) is 7. The fourth-order valence-electron chi connectivity index (χ4n) is 3.71. The van der Waals surface area contributed by atoms with Crippen LogP contribution in [-0.2, 0) is 0 Å². The number of hydrogen-bond donors (Lipinski definition) is 0. The number of aromatic nitrogens is 2. The van der Waals surface area contributed by atoms with E-state index in [2.05, 4.69) is 20.9 Å². The smallest absolute Gasteiger partial charge is 0.161 e. The summed E-state index contributed by atoms with van der Waals surface area (Å²) in [5.41, 5.74) is 2.88. The Kier molecular flexibility index (Phi) is 5.88. The van der Waals surface area contributed by atoms with Gasteiger partial charge in [-0.05, 0) is 30.3 Å². The van der Waals surface area contributed by atoms with Gasteiger partial charge in [-0.25, -0.2) is 4.98 Å². The van der Waals surface area contributed by atoms with Crippen LogP contribution in [0.2, 0.25) is 0 Å². The van der Waals surface area contributed by atoms with Crippen LogP contribution in [0.4, 0.5) is 11.5 Å². The third-order valence-corrected chi connectivity index (χ3v) is 5.33. The maximum Gasteiger partial charge on any atom is 0.161 e. The van der Waals surface area contributed by atoms with E-state index in [0.29, 0.717) is 11.5 Å². The highest BCUT2D eigenvalue weighted by molar-refractivity contribution is 5.65. The Bertz CT molecular complexity index is 1000. The Morgan fingerprint density at radius 3 is 2.17 bits per heavy atom. The van der Waals surface area contributed by atoms with Gasteiger partial charge in [-0.15, -0.1) is 0 Å². The first-order chi connectivity index (χ1) is 14.7. The van der Waals surface area contributed by atoms with Crippen LogP contribution >= 0.6 is 0 Å². The molecular weight excluding hydrogens is 380 g/mol. The summed E-state index contributed by atoms with van der Waals surface area (Å²) >= 11 is 0. The van der Waals surface area contributed by atoms with Crippen molar-refractivity contribution in [3.8, 4) is 28.5 Å². The molecule has 0 radical (unpaired) electrons. The van der Waals surface area contributed by atoms with Crippen LogP contribution in [0.15, 0.2) is 54.9 Å². The number of piperazine rings is 1. The van der Waals surface area contributed by atoms with Crippen molar-refractivity contribution in [1.29, 1.82) is 0 Å². The average Bonchev–Trinajstić information content (AvgIpc) is 2.83. The van der Waals surface area contributed by atoms with Gasteiger partial charge < -0.3 is 24.0 Å². The number of benzene rings is 2. The third-order valence-electron chi connectivity index (χ3n) is 5.33. The maximum absolute atomic E-state index is 5.51. The molecule has 30 heavy (non-hydrogen) atoms. The minimum Gasteiger partial charge on any atom is -0.495 e. The first-order valence-electron chi connectivity index (χ1n) is 9.91. The summed E-state index contributed by atoms with van der Waals surface area (Å²) in [5, 5.41) is 0. The first-order valence-corrected chi connectivity index (χ1v) is 9.91. The topological polar surface area (TPSA) is 60.0 Å². The van der Waals surface area contributed by atoms with E-state index in [1.807, 2.05) is 42.6 Å². The van der Waals surface area contributed by atoms with Crippen LogP contribution in [0.5, 0.6) is 17.2 Å². The molecule has 0 aliphatic carbocycles. The largest absolute Gasteiger partial charge is 0.495 e. The van der Waals surface area contributed by atoms with Crippen LogP contribution in [0, 0.1) is 0 Å². The molecule has 7 nitrogen and oxygen atoms in total. The Labute approximate surface area is 176 Å². The lowest BCUT2D eigenvalue weighted by molar-refractivity contribution is 0.355. The Hall–Kier alpha value is -3.48. The predicted octanol–water partition coefficient (Wildman–Crippen LogP) is 3.50. The van der Waals surface area contributed by atoms with Crippen molar-refractivity contribution in [2.45, 2.75) is 0 Å². The zero-order chi connectivity index (χ0) is 20.9. The molecule has 1 aromatic heterocycles. The molecule has 156 valence electrons. The molecule has 1 saturated heterocycles. The first kappa shape index (κ1) is 19.8. The van der Waals surface area contributed by atoms with Crippen LogP contribution < -0.4 is 24.0 Å². The molecule has 2 heterocycles. The van der Waals surface area contributed by atoms with Crippen molar-refractivity contribution in [3.63, 3.8) is 0 Å². The van der Waals surface area contributed by atoms with Gasteiger partial charge in [0.15, 0.2) is 11.5 Å². The number of rotatable bonds is 6. The number of para-hydroxylation sites is 2. The lowest BCUT2D eigenvalue weighted by Gasteiger charge is -2.37. The molecule has 1 aliphatic rings. The molecular formula is C23H26N4O3. The highest BCUT2D eigenvalue weighted by Crippen LogP contribution is 2.32. The van der Waals surface area contributed by atoms with Gasteiger partial charge in [0.1, 0.15) is 11.6 Å². The zero-order valence-electron chi connectivity index (χ0n) is 17.5. The normalized spacial score (nSPS) is 13.8. The fourth-order valence-corrected chi connectivity index (χ4v) is 3.71. The molecule has 1 aliphatic heterocycles. The highest BCUT2D eigenvalue weighted by Gasteiger charge is 2.21. The van der Waals surface area contributed by atoms with Gasteiger partial charge in [0.05, 0.1) is 45.1 Å². The molecule has 0 atom stereocenters. The molecule has 0 saturated carbocycles. The van der Waals surface area contributed by atoms with E-state index in [0.717, 1.165) is 54.7 Å². The molecule has 4 rings (SSSR count). The molecule has 3 aromatic rings. The second-order valence-electron chi connectivity index (χ2n) is 6.98. The Balaban J connectivity index is 1.50. The second kappa shape index (κ2) is 8.90. The van der Waals surface area contributed by atoms with Crippen molar-refractivity contribution in [2.75, 3.05) is 57.3 Å². The monoisotopic (exact) mass is 406 g/mol. The molecule has 0 bridgehead atoms. The highest BCUT2D eigenvalue weighted by atomic mass is 16.5. The van der Waals surface area contributed by atoms with Crippen molar-refractivity contribution in [1.82, 2.24) is 9.97 Å². The number of nitrogens with zero attached hydrogens (tertiary/aromatic N) is 4. The Morgan fingerprint density at radius 1 is 0.733 bits per heavy atom. The van der Waals surface area contributed by atoms with E-state index in [1.165, 1.54) is 0 Å². The maximum atomic E-state index is 5.51. The van der Waals surface area contributed by atoms with Crippen LogP contribution in [0.25, 0.3) is 11.3 Å². The summed E-state index contributed by atoms with van der Waals surface area (Å²) in [5.74, 6) is 3.15. The fraction of sp³-hybridized carbons (Fsp3) is 0.304. The number of anilines is 2. The van der Waals surface area contributed by atoms with Crippen LogP contribution in [0.1, 0.15) is 0 Å². The summed E-state index contributed by atoms with van der Waals surface area (Å²) in [6.07, 6.45) is 3.60. The van der Waals surface area contributed by atoms with Crippen LogP contribution in [-0.4, -0.2) is 57.5 Å². The van der Waals surface area contributed by atoms with Gasteiger partial charge >= 0.3 is 0 Å². The van der Waals surface area contributed by atoms with Crippen molar-refractivity contribution >= 4 is 11.5 Å². The van der Waals surface area contributed by atoms with E-state index in [4.69, 9.17) is 19.2 Å². The number of methoxy groups -OCH3 is 3. The molecule has 0 amide bonds. The standard InChI is InChI=1S/C23H26N4O3/c1-28-20-7-5-4-6-19(20)26-10-12-27(13-11-26)23-16-24-15-18(25-23)17-8-9-21(29-2)22(14-17)30-3/h4-9,14-16H,10-13H2,1-3H3. The molecule has 0 unspecified atom stereocenters. The second-order valence-corrected chi connectivity index (χ2v) is 6.98. The van der Waals surface area contributed by atoms with E-state index in [9.17, 15) is 0 Å². The molecule has 0 spiro atoms. The van der Waals surface area contributed by atoms with E-state index >= 15 is 0 Å². The van der Waals surface area contributed by atoms with Gasteiger partial charge in [0.2, 0.25) is 0 Å². The third kappa shape index (κ3) is 3.96. The minimum atomic E-state index is 0.674. The average molecular weight is 406 g/mol. The predicted molar refractivity (Wildman–Crippen MR) is 118 cm³/mol. The lowest BCUT2D eigenvalue weighted by atomic mass is 10.1. The van der Waals surface area contributed by atoms with Gasteiger partial charge in [0.25, 0.3) is 0 Å². The summed E-state index contributed by atoms with van der Waals surface area (Å²) in [6, 6.07) is 13.9. The summed E-state index contributed by atoms with van der Waals surface area (Å²) in [7, 11) is 4.97. The molecule has 7 heteroatoms. The summed E-state index contributed by atoms with van der Waals surface area (Å²) < 4.78 is 16.3.